The van der Waals surface area contributed by atoms with E-state index in [1.54, 1.807) is 24.3 Å². The Morgan fingerprint density at radius 3 is 1.83 bits per heavy atom. The van der Waals surface area contributed by atoms with Crippen LogP contribution in [-0.2, 0) is 10.2 Å². The first kappa shape index (κ1) is 16.2. The average molecular weight is 320 g/mol. The molecule has 2 aromatic carbocycles. The molecule has 0 saturated heterocycles. The molecule has 0 saturated carbocycles. The van der Waals surface area contributed by atoms with E-state index in [0.29, 0.717) is 22.3 Å². The van der Waals surface area contributed by atoms with Crippen LogP contribution in [0.1, 0.15) is 52.6 Å². The van der Waals surface area contributed by atoms with Crippen LogP contribution in [-0.4, -0.2) is 18.7 Å². The Morgan fingerprint density at radius 2 is 1.33 bits per heavy atom. The smallest absolute Gasteiger partial charge is 0.229 e. The second-order valence-electron chi connectivity index (χ2n) is 6.94. The fourth-order valence-corrected chi connectivity index (χ4v) is 2.95. The molecule has 0 amide bonds. The van der Waals surface area contributed by atoms with Gasteiger partial charge in [0.25, 0.3) is 0 Å². The third-order valence-corrected chi connectivity index (χ3v) is 4.32. The Morgan fingerprint density at radius 1 is 0.792 bits per heavy atom. The Kier molecular flexibility index (Phi) is 3.88. The minimum atomic E-state index is -0.248. The van der Waals surface area contributed by atoms with Crippen LogP contribution in [0.15, 0.2) is 54.3 Å². The minimum absolute atomic E-state index is 0.0238. The summed E-state index contributed by atoms with van der Waals surface area (Å²) in [5, 5.41) is 0. The molecule has 0 bridgehead atoms. The van der Waals surface area contributed by atoms with Gasteiger partial charge in [0.2, 0.25) is 5.78 Å². The molecule has 0 fully saturated rings. The molecule has 3 rings (SSSR count). The summed E-state index contributed by atoms with van der Waals surface area (Å²) in [6, 6.07) is 14.6. The van der Waals surface area contributed by atoms with Crippen molar-refractivity contribution in [3.05, 3.63) is 76.5 Å². The number of fused-ring (bicyclic) bond motifs is 1. The molecule has 0 atom stereocenters. The van der Waals surface area contributed by atoms with Crippen LogP contribution in [0.4, 0.5) is 0 Å². The topological polar surface area (TPSA) is 43.4 Å². The number of rotatable bonds is 2. The van der Waals surface area contributed by atoms with Crippen molar-refractivity contribution >= 4 is 17.1 Å². The number of ether oxygens (including phenoxy) is 1. The summed E-state index contributed by atoms with van der Waals surface area (Å²) in [5.74, 6) is -0.310. The lowest BCUT2D eigenvalue weighted by Gasteiger charge is -2.22. The largest absolute Gasteiger partial charge is 0.492 e. The van der Waals surface area contributed by atoms with Crippen molar-refractivity contribution in [3.63, 3.8) is 0 Å². The molecular formula is C21H20O3. The van der Waals surface area contributed by atoms with Gasteiger partial charge in [-0.25, -0.2) is 0 Å². The molecule has 3 nitrogen and oxygen atoms in total. The number of ketones is 2. The fourth-order valence-electron chi connectivity index (χ4n) is 2.95. The van der Waals surface area contributed by atoms with Gasteiger partial charge in [0, 0.05) is 11.1 Å². The highest BCUT2D eigenvalue weighted by molar-refractivity contribution is 6.40. The monoisotopic (exact) mass is 320 g/mol. The van der Waals surface area contributed by atoms with Gasteiger partial charge in [0.15, 0.2) is 11.5 Å². The lowest BCUT2D eigenvalue weighted by Crippen LogP contribution is -2.22. The average Bonchev–Trinajstić information content (AvgIpc) is 2.57. The van der Waals surface area contributed by atoms with Gasteiger partial charge in [-0.1, -0.05) is 69.3 Å². The van der Waals surface area contributed by atoms with Crippen LogP contribution in [0.3, 0.4) is 0 Å². The van der Waals surface area contributed by atoms with E-state index < -0.39 is 0 Å². The molecule has 0 N–H and O–H groups in total. The number of Topliss-reactive ketones (excluding diaryl/α,β-unsaturated/α-hetero) is 2. The third kappa shape index (κ3) is 2.56. The zero-order chi connectivity index (χ0) is 17.5. The van der Waals surface area contributed by atoms with Crippen LogP contribution in [0.5, 0.6) is 0 Å². The molecule has 0 heterocycles. The number of hydrogen-bond donors (Lipinski definition) is 0. The first-order valence-corrected chi connectivity index (χ1v) is 7.92. The summed E-state index contributed by atoms with van der Waals surface area (Å²) in [6.45, 7) is 6.40. The van der Waals surface area contributed by atoms with Gasteiger partial charge in [0.1, 0.15) is 0 Å². The number of carbonyl (C=O) groups excluding carboxylic acids is 2. The van der Waals surface area contributed by atoms with Crippen molar-refractivity contribution in [2.75, 3.05) is 7.11 Å². The summed E-state index contributed by atoms with van der Waals surface area (Å²) in [5.41, 5.74) is 3.05. The van der Waals surface area contributed by atoms with Crippen LogP contribution in [0, 0.1) is 0 Å². The van der Waals surface area contributed by atoms with Crippen molar-refractivity contribution in [1.82, 2.24) is 0 Å². The summed E-state index contributed by atoms with van der Waals surface area (Å²) in [4.78, 5) is 25.6. The highest BCUT2D eigenvalue weighted by Crippen LogP contribution is 2.33. The summed E-state index contributed by atoms with van der Waals surface area (Å²) in [7, 11) is 1.43. The molecule has 0 aliphatic heterocycles. The molecule has 122 valence electrons. The molecular weight excluding hydrogens is 300 g/mol. The van der Waals surface area contributed by atoms with Gasteiger partial charge in [-0.2, -0.15) is 0 Å². The highest BCUT2D eigenvalue weighted by atomic mass is 16.5. The number of methoxy groups -OCH3 is 1. The first-order chi connectivity index (χ1) is 11.3. The lowest BCUT2D eigenvalue weighted by atomic mass is 9.82. The minimum Gasteiger partial charge on any atom is -0.492 e. The molecule has 2 aromatic rings. The zero-order valence-electron chi connectivity index (χ0n) is 14.3. The first-order valence-electron chi connectivity index (χ1n) is 7.92. The molecule has 0 aromatic heterocycles. The van der Waals surface area contributed by atoms with Gasteiger partial charge >= 0.3 is 0 Å². The van der Waals surface area contributed by atoms with Crippen molar-refractivity contribution in [3.8, 4) is 0 Å². The van der Waals surface area contributed by atoms with Crippen molar-refractivity contribution in [1.29, 1.82) is 0 Å². The van der Waals surface area contributed by atoms with E-state index in [1.165, 1.54) is 12.7 Å². The van der Waals surface area contributed by atoms with Crippen LogP contribution in [0.25, 0.3) is 5.57 Å². The SMILES string of the molecule is COC1=C(c2ccc(C(C)(C)C)cc2)C(=O)c2ccccc2C1=O. The standard InChI is InChI=1S/C21H20O3/c1-21(2,3)14-11-9-13(10-12-14)17-18(22)15-7-5-6-8-16(15)19(23)20(17)24-4/h5-12H,1-4H3. The normalized spacial score (nSPS) is 14.7. The highest BCUT2D eigenvalue weighted by Gasteiger charge is 2.33. The summed E-state index contributed by atoms with van der Waals surface area (Å²) < 4.78 is 5.30. The van der Waals surface area contributed by atoms with E-state index in [4.69, 9.17) is 4.74 Å². The van der Waals surface area contributed by atoms with Crippen LogP contribution >= 0.6 is 0 Å². The Labute approximate surface area is 142 Å². The van der Waals surface area contributed by atoms with Gasteiger partial charge < -0.3 is 4.74 Å². The Balaban J connectivity index is 2.15. The predicted molar refractivity (Wildman–Crippen MR) is 94.2 cm³/mol. The van der Waals surface area contributed by atoms with Crippen LogP contribution in [0.2, 0.25) is 0 Å². The maximum absolute atomic E-state index is 12.9. The van der Waals surface area contributed by atoms with Crippen molar-refractivity contribution in [2.45, 2.75) is 26.2 Å². The number of carbonyl (C=O) groups is 2. The summed E-state index contributed by atoms with van der Waals surface area (Å²) >= 11 is 0. The van der Waals surface area contributed by atoms with Gasteiger partial charge in [0.05, 0.1) is 12.7 Å². The molecule has 0 unspecified atom stereocenters. The molecule has 3 heteroatoms. The number of allylic oxidation sites excluding steroid dienone is 2. The Bertz CT molecular complexity index is 849. The second-order valence-corrected chi connectivity index (χ2v) is 6.94. The molecule has 0 spiro atoms. The van der Waals surface area contributed by atoms with E-state index in [9.17, 15) is 9.59 Å². The molecule has 1 aliphatic carbocycles. The lowest BCUT2D eigenvalue weighted by molar-refractivity contribution is 0.0925. The van der Waals surface area contributed by atoms with E-state index in [2.05, 4.69) is 20.8 Å². The molecule has 1 aliphatic rings. The van der Waals surface area contributed by atoms with E-state index in [1.807, 2.05) is 24.3 Å². The second kappa shape index (κ2) is 5.75. The van der Waals surface area contributed by atoms with Crippen molar-refractivity contribution in [2.24, 2.45) is 0 Å². The van der Waals surface area contributed by atoms with Gasteiger partial charge in [-0.15, -0.1) is 0 Å². The quantitative estimate of drug-likeness (QED) is 0.822. The zero-order valence-corrected chi connectivity index (χ0v) is 14.3. The molecule has 24 heavy (non-hydrogen) atoms. The maximum Gasteiger partial charge on any atom is 0.229 e. The Hall–Kier alpha value is -2.68. The van der Waals surface area contributed by atoms with Crippen molar-refractivity contribution < 1.29 is 14.3 Å². The summed E-state index contributed by atoms with van der Waals surface area (Å²) in [6.07, 6.45) is 0. The van der Waals surface area contributed by atoms with Gasteiger partial charge in [-0.3, -0.25) is 9.59 Å². The predicted octanol–water partition coefficient (Wildman–Crippen LogP) is 4.42. The van der Waals surface area contributed by atoms with Crippen LogP contribution < -0.4 is 0 Å². The molecule has 0 radical (unpaired) electrons. The maximum atomic E-state index is 12.9. The van der Waals surface area contributed by atoms with E-state index in [0.717, 1.165) is 0 Å². The number of benzene rings is 2. The van der Waals surface area contributed by atoms with E-state index >= 15 is 0 Å². The fraction of sp³-hybridized carbons (Fsp3) is 0.238. The number of hydrogen-bond acceptors (Lipinski definition) is 3. The third-order valence-electron chi connectivity index (χ3n) is 4.32. The van der Waals surface area contributed by atoms with Gasteiger partial charge in [-0.05, 0) is 16.5 Å². The van der Waals surface area contributed by atoms with E-state index in [-0.39, 0.29) is 22.7 Å².